The van der Waals surface area contributed by atoms with Crippen LogP contribution in [0.3, 0.4) is 0 Å². The van der Waals surface area contributed by atoms with Gasteiger partial charge in [0.25, 0.3) is 0 Å². The van der Waals surface area contributed by atoms with Gasteiger partial charge in [0.05, 0.1) is 10.6 Å². The molecule has 24 heavy (non-hydrogen) atoms. The molecule has 0 spiro atoms. The van der Waals surface area contributed by atoms with Crippen LogP contribution >= 0.6 is 11.6 Å². The molecule has 5 rings (SSSR count). The number of likely N-dealkylation sites (tertiary alicyclic amines) is 1. The van der Waals surface area contributed by atoms with Gasteiger partial charge in [-0.25, -0.2) is 0 Å². The van der Waals surface area contributed by atoms with E-state index >= 15 is 0 Å². The number of ether oxygens (including phenoxy) is 1. The number of piperidine rings is 1. The van der Waals surface area contributed by atoms with Crippen molar-refractivity contribution in [3.8, 4) is 5.75 Å². The van der Waals surface area contributed by atoms with Crippen LogP contribution in [0.5, 0.6) is 5.75 Å². The van der Waals surface area contributed by atoms with Gasteiger partial charge in [0.15, 0.2) is 0 Å². The second-order valence-corrected chi connectivity index (χ2v) is 7.95. The quantitative estimate of drug-likeness (QED) is 0.847. The Bertz CT molecular complexity index is 743. The molecule has 4 aliphatic rings. The summed E-state index contributed by atoms with van der Waals surface area (Å²) in [7, 11) is 0. The van der Waals surface area contributed by atoms with Crippen molar-refractivity contribution in [2.45, 2.75) is 43.4 Å². The Morgan fingerprint density at radius 1 is 1.25 bits per heavy atom. The van der Waals surface area contributed by atoms with E-state index in [-0.39, 0.29) is 17.7 Å². The minimum Gasteiger partial charge on any atom is -0.486 e. The van der Waals surface area contributed by atoms with Gasteiger partial charge >= 0.3 is 0 Å². The van der Waals surface area contributed by atoms with E-state index in [1.165, 1.54) is 12.0 Å². The summed E-state index contributed by atoms with van der Waals surface area (Å²) in [6, 6.07) is 6.38. The van der Waals surface area contributed by atoms with E-state index < -0.39 is 0 Å². The largest absolute Gasteiger partial charge is 0.486 e. The molecule has 1 aromatic rings. The topological polar surface area (TPSA) is 38.5 Å². The standard InChI is InChI=1S/C20H23ClN2O/c21-17-8-2-6-15-16-7-1-4-13-9-10-18(24-19(15)17)20(13,16)23-11-3-5-14(22)12-23/h1-2,4,6-8,13-14,18H,3,5,9-12,22H2/t13?,14-,18-,20?/m0/s1. The summed E-state index contributed by atoms with van der Waals surface area (Å²) in [6.07, 6.45) is 11.6. The summed E-state index contributed by atoms with van der Waals surface area (Å²) in [5.74, 6) is 1.36. The van der Waals surface area contributed by atoms with E-state index in [4.69, 9.17) is 22.1 Å². The zero-order valence-corrected chi connectivity index (χ0v) is 14.5. The predicted octanol–water partition coefficient (Wildman–Crippen LogP) is 3.63. The third-order valence-electron chi connectivity index (χ3n) is 6.33. The molecule has 2 N–H and O–H groups in total. The van der Waals surface area contributed by atoms with Crippen LogP contribution in [0.15, 0.2) is 36.4 Å². The maximum absolute atomic E-state index is 6.53. The van der Waals surface area contributed by atoms with E-state index in [2.05, 4.69) is 29.2 Å². The zero-order valence-electron chi connectivity index (χ0n) is 13.7. The van der Waals surface area contributed by atoms with Gasteiger partial charge in [-0.2, -0.15) is 0 Å². The maximum Gasteiger partial charge on any atom is 0.145 e. The molecule has 126 valence electrons. The van der Waals surface area contributed by atoms with E-state index in [0.717, 1.165) is 48.7 Å². The van der Waals surface area contributed by atoms with Crippen molar-refractivity contribution in [2.24, 2.45) is 11.7 Å². The maximum atomic E-state index is 6.53. The summed E-state index contributed by atoms with van der Waals surface area (Å²) in [5, 5.41) is 0.718. The Kier molecular flexibility index (Phi) is 3.35. The average molecular weight is 343 g/mol. The second-order valence-electron chi connectivity index (χ2n) is 7.55. The molecule has 0 radical (unpaired) electrons. The monoisotopic (exact) mass is 342 g/mol. The highest BCUT2D eigenvalue weighted by Crippen LogP contribution is 2.58. The van der Waals surface area contributed by atoms with Crippen molar-refractivity contribution in [3.63, 3.8) is 0 Å². The van der Waals surface area contributed by atoms with Crippen molar-refractivity contribution >= 4 is 17.2 Å². The number of benzene rings is 1. The summed E-state index contributed by atoms with van der Waals surface area (Å²) >= 11 is 6.46. The molecule has 2 heterocycles. The lowest BCUT2D eigenvalue weighted by molar-refractivity contribution is 0.00293. The summed E-state index contributed by atoms with van der Waals surface area (Å²) in [6.45, 7) is 2.06. The molecule has 0 aromatic heterocycles. The number of hydrogen-bond donors (Lipinski definition) is 1. The van der Waals surface area contributed by atoms with Crippen LogP contribution in [-0.4, -0.2) is 35.7 Å². The van der Waals surface area contributed by atoms with Gasteiger partial charge in [-0.1, -0.05) is 42.0 Å². The number of allylic oxidation sites excluding steroid dienone is 2. The van der Waals surface area contributed by atoms with Crippen molar-refractivity contribution in [2.75, 3.05) is 13.1 Å². The summed E-state index contributed by atoms with van der Waals surface area (Å²) in [4.78, 5) is 2.63. The van der Waals surface area contributed by atoms with Crippen molar-refractivity contribution < 1.29 is 4.74 Å². The number of fused-ring (bicyclic) bond motifs is 2. The molecule has 0 bridgehead atoms. The third-order valence-corrected chi connectivity index (χ3v) is 6.63. The van der Waals surface area contributed by atoms with Gasteiger partial charge in [0.2, 0.25) is 0 Å². The Morgan fingerprint density at radius 2 is 2.17 bits per heavy atom. The molecule has 3 nitrogen and oxygen atoms in total. The summed E-state index contributed by atoms with van der Waals surface area (Å²) < 4.78 is 6.53. The van der Waals surface area contributed by atoms with E-state index in [9.17, 15) is 0 Å². The van der Waals surface area contributed by atoms with Crippen LogP contribution < -0.4 is 10.5 Å². The normalized spacial score (nSPS) is 37.4. The van der Waals surface area contributed by atoms with Gasteiger partial charge in [0.1, 0.15) is 11.9 Å². The van der Waals surface area contributed by atoms with E-state index in [1.54, 1.807) is 0 Å². The number of rotatable bonds is 1. The zero-order chi connectivity index (χ0) is 16.3. The van der Waals surface area contributed by atoms with Crippen molar-refractivity contribution in [3.05, 3.63) is 47.0 Å². The number of hydrogen-bond acceptors (Lipinski definition) is 3. The minimum atomic E-state index is -0.0650. The van der Waals surface area contributed by atoms with Crippen LogP contribution in [0, 0.1) is 5.92 Å². The number of nitrogens with zero attached hydrogens (tertiary/aromatic N) is 1. The lowest BCUT2D eigenvalue weighted by atomic mass is 9.69. The van der Waals surface area contributed by atoms with Crippen LogP contribution in [0.1, 0.15) is 31.2 Å². The fourth-order valence-electron chi connectivity index (χ4n) is 5.44. The van der Waals surface area contributed by atoms with Crippen molar-refractivity contribution in [1.82, 2.24) is 4.90 Å². The fourth-order valence-corrected chi connectivity index (χ4v) is 5.66. The van der Waals surface area contributed by atoms with Crippen molar-refractivity contribution in [1.29, 1.82) is 0 Å². The van der Waals surface area contributed by atoms with Gasteiger partial charge in [-0.15, -0.1) is 0 Å². The van der Waals surface area contributed by atoms with Crippen LogP contribution in [-0.2, 0) is 0 Å². The van der Waals surface area contributed by atoms with E-state index in [0.29, 0.717) is 5.92 Å². The van der Waals surface area contributed by atoms with Crippen LogP contribution in [0.4, 0.5) is 0 Å². The number of nitrogens with two attached hydrogens (primary N) is 1. The third kappa shape index (κ3) is 1.86. The average Bonchev–Trinajstić information content (AvgIpc) is 2.97. The Hall–Kier alpha value is -1.29. The van der Waals surface area contributed by atoms with Gasteiger partial charge in [-0.3, -0.25) is 4.90 Å². The lowest BCUT2D eigenvalue weighted by Crippen LogP contribution is -2.65. The second kappa shape index (κ2) is 5.35. The molecule has 1 aromatic carbocycles. The number of halogens is 1. The first kappa shape index (κ1) is 15.0. The highest BCUT2D eigenvalue weighted by Gasteiger charge is 2.60. The highest BCUT2D eigenvalue weighted by molar-refractivity contribution is 6.32. The molecule has 4 atom stereocenters. The first-order valence-electron chi connectivity index (χ1n) is 9.06. The Balaban J connectivity index is 1.71. The van der Waals surface area contributed by atoms with E-state index in [1.807, 2.05) is 12.1 Å². The molecule has 1 saturated carbocycles. The molecular weight excluding hydrogens is 320 g/mol. The molecule has 0 amide bonds. The summed E-state index contributed by atoms with van der Waals surface area (Å²) in [5.41, 5.74) is 8.82. The first-order chi connectivity index (χ1) is 11.7. The van der Waals surface area contributed by atoms with Crippen LogP contribution in [0.2, 0.25) is 5.02 Å². The lowest BCUT2D eigenvalue weighted by Gasteiger charge is -2.54. The predicted molar refractivity (Wildman–Crippen MR) is 97.2 cm³/mol. The SMILES string of the molecule is N[C@H]1CCCN(C23C4=CC=CC2CC[C@@H]3Oc2c(Cl)cccc24)C1. The smallest absolute Gasteiger partial charge is 0.145 e. The molecule has 2 aliphatic carbocycles. The van der Waals surface area contributed by atoms with Crippen LogP contribution in [0.25, 0.3) is 5.57 Å². The van der Waals surface area contributed by atoms with Gasteiger partial charge < -0.3 is 10.5 Å². The number of para-hydroxylation sites is 1. The van der Waals surface area contributed by atoms with Gasteiger partial charge in [0, 0.05) is 24.1 Å². The molecule has 2 unspecified atom stereocenters. The Labute approximate surface area is 148 Å². The highest BCUT2D eigenvalue weighted by atomic mass is 35.5. The Morgan fingerprint density at radius 3 is 3.04 bits per heavy atom. The first-order valence-corrected chi connectivity index (χ1v) is 9.44. The van der Waals surface area contributed by atoms with Gasteiger partial charge in [-0.05, 0) is 43.9 Å². The molecule has 2 aliphatic heterocycles. The molecule has 4 heteroatoms. The molecular formula is C20H23ClN2O. The minimum absolute atomic E-state index is 0.0650. The molecule has 2 fully saturated rings. The fraction of sp³-hybridized carbons (Fsp3) is 0.500. The molecule has 1 saturated heterocycles.